The Bertz CT molecular complexity index is 1160. The van der Waals surface area contributed by atoms with Crippen molar-refractivity contribution in [3.63, 3.8) is 0 Å². The van der Waals surface area contributed by atoms with Gasteiger partial charge in [0.15, 0.2) is 0 Å². The maximum absolute atomic E-state index is 12.9. The van der Waals surface area contributed by atoms with E-state index in [1.165, 1.54) is 12.1 Å². The van der Waals surface area contributed by atoms with Crippen molar-refractivity contribution in [1.29, 1.82) is 0 Å². The molecular formula is C25H27KN2O6S. The maximum Gasteiger partial charge on any atom is 1.00 e. The van der Waals surface area contributed by atoms with Crippen LogP contribution in [-0.4, -0.2) is 33.8 Å². The van der Waals surface area contributed by atoms with Crippen LogP contribution in [0.3, 0.4) is 0 Å². The fourth-order valence-corrected chi connectivity index (χ4v) is 4.01. The van der Waals surface area contributed by atoms with Gasteiger partial charge in [-0.25, -0.2) is 13.1 Å². The summed E-state index contributed by atoms with van der Waals surface area (Å²) in [5.74, 6) is 0.636. The number of rotatable bonds is 12. The van der Waals surface area contributed by atoms with Crippen LogP contribution >= 0.6 is 0 Å². The number of sulfonamides is 1. The van der Waals surface area contributed by atoms with E-state index in [2.05, 4.69) is 10.2 Å². The predicted molar refractivity (Wildman–Crippen MR) is 128 cm³/mol. The van der Waals surface area contributed by atoms with Crippen molar-refractivity contribution in [2.45, 2.75) is 31.3 Å². The summed E-state index contributed by atoms with van der Waals surface area (Å²) in [4.78, 5) is 17.2. The van der Waals surface area contributed by atoms with Crippen molar-refractivity contribution in [2.24, 2.45) is 0 Å². The first-order valence-electron chi connectivity index (χ1n) is 10.7. The third-order valence-corrected chi connectivity index (χ3v) is 6.11. The first-order valence-corrected chi connectivity index (χ1v) is 12.2. The van der Waals surface area contributed by atoms with Crippen molar-refractivity contribution in [2.75, 3.05) is 13.2 Å². The molecule has 0 bridgehead atoms. The molecule has 1 atom stereocenters. The average molecular weight is 523 g/mol. The van der Waals surface area contributed by atoms with Gasteiger partial charge in [-0.3, -0.25) is 4.79 Å². The van der Waals surface area contributed by atoms with Gasteiger partial charge < -0.3 is 19.8 Å². The third kappa shape index (κ3) is 10.0. The molecule has 35 heavy (non-hydrogen) atoms. The maximum atomic E-state index is 12.9. The second-order valence-electron chi connectivity index (χ2n) is 7.40. The van der Waals surface area contributed by atoms with Crippen LogP contribution in [0.25, 0.3) is 5.48 Å². The fourth-order valence-electron chi connectivity index (χ4n) is 2.91. The van der Waals surface area contributed by atoms with Gasteiger partial charge in [-0.1, -0.05) is 48.0 Å². The van der Waals surface area contributed by atoms with E-state index >= 15 is 0 Å². The van der Waals surface area contributed by atoms with E-state index in [0.717, 1.165) is 11.1 Å². The largest absolute Gasteiger partial charge is 1.00 e. The molecule has 0 aliphatic carbocycles. The Morgan fingerprint density at radius 2 is 1.60 bits per heavy atom. The number of aryl methyl sites for hydroxylation is 1. The molecule has 8 nitrogen and oxygen atoms in total. The number of ether oxygens (including phenoxy) is 2. The smallest absolute Gasteiger partial charge is 0.586 e. The third-order valence-electron chi connectivity index (χ3n) is 4.64. The van der Waals surface area contributed by atoms with Crippen LogP contribution in [0.5, 0.6) is 11.5 Å². The summed E-state index contributed by atoms with van der Waals surface area (Å²) in [5, 5.41) is 0. The van der Waals surface area contributed by atoms with Gasteiger partial charge in [0.1, 0.15) is 11.5 Å². The summed E-state index contributed by atoms with van der Waals surface area (Å²) in [7, 11) is -3.87. The van der Waals surface area contributed by atoms with E-state index in [4.69, 9.17) is 14.3 Å². The second-order valence-corrected chi connectivity index (χ2v) is 9.11. The molecular weight excluding hydrogens is 495 g/mol. The van der Waals surface area contributed by atoms with Crippen molar-refractivity contribution in [1.82, 2.24) is 4.72 Å². The van der Waals surface area contributed by atoms with Crippen LogP contribution < -0.4 is 65.7 Å². The van der Waals surface area contributed by atoms with Crippen molar-refractivity contribution >= 4 is 16.0 Å². The van der Waals surface area contributed by atoms with Gasteiger partial charge in [-0.05, 0) is 62.0 Å². The summed E-state index contributed by atoms with van der Waals surface area (Å²) in [6.07, 6.45) is -0.875. The number of hydroxylamine groups is 1. The molecule has 0 amide bonds. The van der Waals surface area contributed by atoms with E-state index in [9.17, 15) is 13.2 Å². The Kier molecular flexibility index (Phi) is 12.4. The van der Waals surface area contributed by atoms with Crippen molar-refractivity contribution in [3.8, 4) is 11.5 Å². The summed E-state index contributed by atoms with van der Waals surface area (Å²) < 4.78 is 38.8. The Morgan fingerprint density at radius 3 is 2.23 bits per heavy atom. The second kappa shape index (κ2) is 14.7. The van der Waals surface area contributed by atoms with Crippen LogP contribution in [0, 0.1) is 6.92 Å². The number of carbonyl (C=O) groups excluding carboxylic acids is 1. The summed E-state index contributed by atoms with van der Waals surface area (Å²) >= 11 is 0. The number of hydrogen-bond acceptors (Lipinski definition) is 6. The van der Waals surface area contributed by atoms with E-state index in [1.54, 1.807) is 55.5 Å². The molecule has 0 aromatic heterocycles. The van der Waals surface area contributed by atoms with Gasteiger partial charge in [-0.2, -0.15) is 0 Å². The zero-order chi connectivity index (χ0) is 24.4. The first kappa shape index (κ1) is 29.5. The number of hydrogen-bond donors (Lipinski definition) is 1. The standard InChI is InChI=1S/C25H27N2O6S.K/c1-3-31-25(28)17-20-11-13-22(14-12-20)33-26-24(18-32-21-7-5-4-6-8-21)27-34(29,30)23-15-9-19(2)10-16-23;/h4-16,24,27H,3,17-18H2,1-2H3;/q-1;+1. The van der Waals surface area contributed by atoms with Crippen LogP contribution in [0.15, 0.2) is 83.8 Å². The summed E-state index contributed by atoms with van der Waals surface area (Å²) in [6, 6.07) is 22.2. The van der Waals surface area contributed by atoms with Gasteiger partial charge in [0.2, 0.25) is 10.0 Å². The minimum Gasteiger partial charge on any atom is -0.586 e. The topological polar surface area (TPSA) is 105 Å². The molecule has 180 valence electrons. The molecule has 1 unspecified atom stereocenters. The molecule has 0 aliphatic heterocycles. The van der Waals surface area contributed by atoms with Gasteiger partial charge in [0.05, 0.1) is 24.5 Å². The molecule has 3 aromatic carbocycles. The zero-order valence-electron chi connectivity index (χ0n) is 20.0. The molecule has 3 aromatic rings. The number of para-hydroxylation sites is 1. The SMILES string of the molecule is CCOC(=O)Cc1ccc(O[N-]C(COc2ccccc2)NS(=O)(=O)c2ccc(C)cc2)cc1.[K+]. The number of carbonyl (C=O) groups is 1. The van der Waals surface area contributed by atoms with Gasteiger partial charge >= 0.3 is 57.4 Å². The molecule has 0 saturated carbocycles. The zero-order valence-corrected chi connectivity index (χ0v) is 23.9. The van der Waals surface area contributed by atoms with Crippen LogP contribution in [-0.2, 0) is 26.0 Å². The summed E-state index contributed by atoms with van der Waals surface area (Å²) in [5.41, 5.74) is 5.76. The molecule has 0 saturated heterocycles. The monoisotopic (exact) mass is 522 g/mol. The minimum atomic E-state index is -3.87. The molecule has 0 radical (unpaired) electrons. The van der Waals surface area contributed by atoms with Crippen molar-refractivity contribution < 1.29 is 78.9 Å². The van der Waals surface area contributed by atoms with Crippen LogP contribution in [0.2, 0.25) is 0 Å². The Morgan fingerprint density at radius 1 is 0.943 bits per heavy atom. The number of nitrogens with zero attached hydrogens (tertiary/aromatic N) is 1. The fraction of sp³-hybridized carbons (Fsp3) is 0.240. The molecule has 0 heterocycles. The predicted octanol–water partition coefficient (Wildman–Crippen LogP) is 1.16. The molecule has 3 rings (SSSR count). The Hall–Kier alpha value is -1.76. The minimum absolute atomic E-state index is 0. The number of nitrogens with one attached hydrogen (secondary N) is 1. The van der Waals surface area contributed by atoms with E-state index in [1.807, 2.05) is 25.1 Å². The quantitative estimate of drug-likeness (QED) is 0.217. The van der Waals surface area contributed by atoms with Crippen LogP contribution in [0.1, 0.15) is 18.1 Å². The first-order chi connectivity index (χ1) is 16.4. The number of esters is 1. The van der Waals surface area contributed by atoms with Crippen molar-refractivity contribution in [3.05, 3.63) is 95.5 Å². The Labute approximate surface area is 248 Å². The van der Waals surface area contributed by atoms with E-state index in [-0.39, 0.29) is 75.3 Å². The average Bonchev–Trinajstić information content (AvgIpc) is 2.83. The molecule has 10 heteroatoms. The van der Waals surface area contributed by atoms with Gasteiger partial charge in [0, 0.05) is 0 Å². The summed E-state index contributed by atoms with van der Waals surface area (Å²) in [6.45, 7) is 3.86. The van der Waals surface area contributed by atoms with E-state index < -0.39 is 16.2 Å². The molecule has 0 fully saturated rings. The molecule has 1 N–H and O–H groups in total. The normalized spacial score (nSPS) is 11.7. The molecule has 0 aliphatic rings. The van der Waals surface area contributed by atoms with Gasteiger partial charge in [-0.15, -0.1) is 0 Å². The van der Waals surface area contributed by atoms with E-state index in [0.29, 0.717) is 18.1 Å². The van der Waals surface area contributed by atoms with Crippen LogP contribution in [0.4, 0.5) is 0 Å². The molecule has 0 spiro atoms. The van der Waals surface area contributed by atoms with Gasteiger partial charge in [0.25, 0.3) is 0 Å². The number of benzene rings is 3. The Balaban J connectivity index is 0.00000432.